The molecule has 1 saturated heterocycles. The van der Waals surface area contributed by atoms with Crippen LogP contribution < -0.4 is 0 Å². The van der Waals surface area contributed by atoms with Crippen LogP contribution in [-0.4, -0.2) is 47.5 Å². The van der Waals surface area contributed by atoms with E-state index in [-0.39, 0.29) is 35.6 Å². The van der Waals surface area contributed by atoms with Crippen molar-refractivity contribution in [3.05, 3.63) is 11.3 Å². The Labute approximate surface area is 137 Å². The van der Waals surface area contributed by atoms with Crippen molar-refractivity contribution in [3.8, 4) is 0 Å². The lowest BCUT2D eigenvalue weighted by Crippen LogP contribution is -2.51. The maximum atomic E-state index is 12.8. The van der Waals surface area contributed by atoms with Crippen molar-refractivity contribution in [3.63, 3.8) is 0 Å². The minimum absolute atomic E-state index is 0.0846. The quantitative estimate of drug-likeness (QED) is 0.842. The highest BCUT2D eigenvalue weighted by Crippen LogP contribution is 2.56. The number of hydrogen-bond donors (Lipinski definition) is 1. The van der Waals surface area contributed by atoms with Crippen molar-refractivity contribution >= 4 is 5.78 Å². The van der Waals surface area contributed by atoms with Gasteiger partial charge in [-0.2, -0.15) is 0 Å². The van der Waals surface area contributed by atoms with Gasteiger partial charge in [0, 0.05) is 25.0 Å². The van der Waals surface area contributed by atoms with Gasteiger partial charge in [0.15, 0.2) is 11.4 Å². The lowest BCUT2D eigenvalue weighted by atomic mass is 9.70. The Morgan fingerprint density at radius 3 is 2.83 bits per heavy atom. The molecule has 4 aliphatic rings. The number of hydrogen-bond acceptors (Lipinski definition) is 5. The zero-order valence-electron chi connectivity index (χ0n) is 14.3. The average molecular weight is 322 g/mol. The molecule has 2 aliphatic heterocycles. The van der Waals surface area contributed by atoms with Gasteiger partial charge in [-0.25, -0.2) is 0 Å². The molecule has 2 aliphatic carbocycles. The van der Waals surface area contributed by atoms with Crippen LogP contribution in [0.1, 0.15) is 46.5 Å². The molecule has 0 radical (unpaired) electrons. The van der Waals surface area contributed by atoms with Gasteiger partial charge in [0.1, 0.15) is 17.5 Å². The molecule has 1 saturated carbocycles. The Morgan fingerprint density at radius 1 is 1.39 bits per heavy atom. The van der Waals surface area contributed by atoms with E-state index in [4.69, 9.17) is 14.2 Å². The number of fused-ring (bicyclic) bond motifs is 4. The third-order valence-electron chi connectivity index (χ3n) is 6.74. The third kappa shape index (κ3) is 1.99. The Bertz CT molecular complexity index is 594. The summed E-state index contributed by atoms with van der Waals surface area (Å²) in [6.07, 6.45) is 2.70. The number of Topliss-reactive ketones (excluding diaryl/α,β-unsaturated/α-hetero) is 1. The van der Waals surface area contributed by atoms with Crippen LogP contribution in [0.15, 0.2) is 11.3 Å². The second-order valence-electron chi connectivity index (χ2n) is 8.39. The van der Waals surface area contributed by atoms with Crippen molar-refractivity contribution in [2.24, 2.45) is 11.8 Å². The van der Waals surface area contributed by atoms with E-state index >= 15 is 0 Å². The second kappa shape index (κ2) is 4.58. The first-order valence-corrected chi connectivity index (χ1v) is 8.56. The van der Waals surface area contributed by atoms with Gasteiger partial charge in [0.25, 0.3) is 0 Å². The second-order valence-corrected chi connectivity index (χ2v) is 8.39. The van der Waals surface area contributed by atoms with Crippen LogP contribution in [0.25, 0.3) is 0 Å². The van der Waals surface area contributed by atoms with Gasteiger partial charge in [-0.05, 0) is 46.0 Å². The van der Waals surface area contributed by atoms with Crippen LogP contribution >= 0.6 is 0 Å². The Balaban J connectivity index is 1.72. The smallest absolute Gasteiger partial charge is 0.196 e. The number of ether oxygens (including phenoxy) is 3. The normalized spacial score (nSPS) is 45.8. The number of methoxy groups -OCH3 is 1. The number of carbonyl (C=O) groups excluding carboxylic acids is 1. The Kier molecular flexibility index (Phi) is 3.11. The van der Waals surface area contributed by atoms with Gasteiger partial charge in [0.05, 0.1) is 12.2 Å². The van der Waals surface area contributed by atoms with Crippen LogP contribution in [0, 0.1) is 11.8 Å². The minimum atomic E-state index is -1.34. The van der Waals surface area contributed by atoms with Gasteiger partial charge in [0.2, 0.25) is 0 Å². The van der Waals surface area contributed by atoms with Crippen molar-refractivity contribution < 1.29 is 24.1 Å². The Morgan fingerprint density at radius 2 is 2.13 bits per heavy atom. The molecule has 2 bridgehead atoms. The van der Waals surface area contributed by atoms with Crippen molar-refractivity contribution in [2.75, 3.05) is 13.7 Å². The molecular formula is C18H26O5. The minimum Gasteiger partial charge on any atom is -0.488 e. The molecule has 5 unspecified atom stereocenters. The van der Waals surface area contributed by atoms with Gasteiger partial charge < -0.3 is 19.3 Å². The summed E-state index contributed by atoms with van der Waals surface area (Å²) >= 11 is 0. The standard InChI is InChI=1S/C18H26O5/c1-16(2,21-4)11-5-6-17(3)12(11)7-10-14(23-17)13-8-18(20,9-22-13)15(10)19/h11-13,20H,5-9H2,1-4H3. The molecule has 5 atom stereocenters. The molecule has 1 N–H and O–H groups in total. The zero-order valence-corrected chi connectivity index (χ0v) is 14.3. The fourth-order valence-electron chi connectivity index (χ4n) is 5.09. The SMILES string of the molecule is COC(C)(C)C1CCC2(C)OC3=C(CC12)C(=O)C1(O)COC3C1. The predicted octanol–water partition coefficient (Wildman–Crippen LogP) is 1.97. The fraction of sp³-hybridized carbons (Fsp3) is 0.833. The summed E-state index contributed by atoms with van der Waals surface area (Å²) in [5, 5.41) is 10.5. The first-order valence-electron chi connectivity index (χ1n) is 8.56. The van der Waals surface area contributed by atoms with Crippen molar-refractivity contribution in [2.45, 2.75) is 69.4 Å². The van der Waals surface area contributed by atoms with Crippen LogP contribution in [0.4, 0.5) is 0 Å². The largest absolute Gasteiger partial charge is 0.488 e. The number of aliphatic hydroxyl groups is 1. The molecule has 2 heterocycles. The molecule has 0 spiro atoms. The summed E-state index contributed by atoms with van der Waals surface area (Å²) in [7, 11) is 1.74. The average Bonchev–Trinajstić information content (AvgIpc) is 3.03. The fourth-order valence-corrected chi connectivity index (χ4v) is 5.09. The molecule has 128 valence electrons. The zero-order chi connectivity index (χ0) is 16.6. The van der Waals surface area contributed by atoms with E-state index in [9.17, 15) is 9.90 Å². The predicted molar refractivity (Wildman–Crippen MR) is 82.7 cm³/mol. The summed E-state index contributed by atoms with van der Waals surface area (Å²) < 4.78 is 17.8. The van der Waals surface area contributed by atoms with E-state index in [1.54, 1.807) is 7.11 Å². The first-order chi connectivity index (χ1) is 10.7. The molecule has 2 fully saturated rings. The van der Waals surface area contributed by atoms with E-state index in [1.165, 1.54) is 0 Å². The van der Waals surface area contributed by atoms with Crippen LogP contribution in [0.3, 0.4) is 0 Å². The first kappa shape index (κ1) is 15.6. The third-order valence-corrected chi connectivity index (χ3v) is 6.74. The van der Waals surface area contributed by atoms with Crippen LogP contribution in [0.2, 0.25) is 0 Å². The summed E-state index contributed by atoms with van der Waals surface area (Å²) in [6, 6.07) is 0. The van der Waals surface area contributed by atoms with Gasteiger partial charge in [-0.15, -0.1) is 0 Å². The molecule has 4 rings (SSSR count). The monoisotopic (exact) mass is 322 g/mol. The summed E-state index contributed by atoms with van der Waals surface area (Å²) in [6.45, 7) is 6.45. The Hall–Kier alpha value is -0.910. The molecule has 0 aromatic carbocycles. The summed E-state index contributed by atoms with van der Waals surface area (Å²) in [4.78, 5) is 12.8. The lowest BCUT2D eigenvalue weighted by Gasteiger charge is -2.46. The van der Waals surface area contributed by atoms with Gasteiger partial charge in [-0.1, -0.05) is 0 Å². The lowest BCUT2D eigenvalue weighted by molar-refractivity contribution is -0.137. The molecule has 23 heavy (non-hydrogen) atoms. The molecule has 5 heteroatoms. The van der Waals surface area contributed by atoms with Crippen molar-refractivity contribution in [1.82, 2.24) is 0 Å². The number of rotatable bonds is 2. The molecule has 0 aromatic rings. The number of carbonyl (C=O) groups is 1. The van der Waals surface area contributed by atoms with Gasteiger partial charge in [-0.3, -0.25) is 4.79 Å². The van der Waals surface area contributed by atoms with Crippen LogP contribution in [0.5, 0.6) is 0 Å². The topological polar surface area (TPSA) is 65.0 Å². The van der Waals surface area contributed by atoms with E-state index in [0.29, 0.717) is 30.1 Å². The van der Waals surface area contributed by atoms with E-state index in [1.807, 2.05) is 0 Å². The molecular weight excluding hydrogens is 296 g/mol. The highest BCUT2D eigenvalue weighted by atomic mass is 16.6. The maximum Gasteiger partial charge on any atom is 0.196 e. The highest BCUT2D eigenvalue weighted by molar-refractivity contribution is 6.04. The molecule has 0 amide bonds. The van der Waals surface area contributed by atoms with Crippen molar-refractivity contribution in [1.29, 1.82) is 0 Å². The van der Waals surface area contributed by atoms with Crippen LogP contribution in [-0.2, 0) is 19.0 Å². The molecule has 5 nitrogen and oxygen atoms in total. The molecule has 0 aromatic heterocycles. The van der Waals surface area contributed by atoms with E-state index in [0.717, 1.165) is 12.8 Å². The van der Waals surface area contributed by atoms with E-state index < -0.39 is 5.60 Å². The van der Waals surface area contributed by atoms with Gasteiger partial charge >= 0.3 is 0 Å². The summed E-state index contributed by atoms with van der Waals surface area (Å²) in [5.41, 5.74) is -1.22. The van der Waals surface area contributed by atoms with E-state index in [2.05, 4.69) is 20.8 Å². The summed E-state index contributed by atoms with van der Waals surface area (Å²) in [5.74, 6) is 1.05. The highest BCUT2D eigenvalue weighted by Gasteiger charge is 2.61. The maximum absolute atomic E-state index is 12.8. The number of ketones is 1.